The van der Waals surface area contributed by atoms with E-state index in [2.05, 4.69) is 24.5 Å². The van der Waals surface area contributed by atoms with Gasteiger partial charge < -0.3 is 10.6 Å². The fourth-order valence-electron chi connectivity index (χ4n) is 4.97. The van der Waals surface area contributed by atoms with Gasteiger partial charge in [0.25, 0.3) is 0 Å². The van der Waals surface area contributed by atoms with E-state index in [1.165, 1.54) is 96.3 Å². The van der Waals surface area contributed by atoms with Crippen LogP contribution in [0.2, 0.25) is 0 Å². The first-order valence-electron chi connectivity index (χ1n) is 14.3. The molecule has 2 amide bonds. The summed E-state index contributed by atoms with van der Waals surface area (Å²) in [6.07, 6.45) is 24.5. The van der Waals surface area contributed by atoms with E-state index in [9.17, 15) is 9.59 Å². The van der Waals surface area contributed by atoms with Crippen LogP contribution in [-0.4, -0.2) is 24.9 Å². The molecule has 0 aromatic rings. The number of carbonyl (C=O) groups is 2. The average molecular weight is 451 g/mol. The van der Waals surface area contributed by atoms with Crippen molar-refractivity contribution in [1.82, 2.24) is 10.6 Å². The molecule has 4 nitrogen and oxygen atoms in total. The molecule has 188 valence electrons. The zero-order valence-electron chi connectivity index (χ0n) is 21.5. The van der Waals surface area contributed by atoms with E-state index in [-0.39, 0.29) is 23.7 Å². The lowest BCUT2D eigenvalue weighted by Crippen LogP contribution is -2.40. The molecule has 2 N–H and O–H groups in total. The highest BCUT2D eigenvalue weighted by molar-refractivity contribution is 5.88. The Morgan fingerprint density at radius 1 is 0.531 bits per heavy atom. The molecule has 1 aliphatic rings. The summed E-state index contributed by atoms with van der Waals surface area (Å²) in [5.74, 6) is -0.0264. The molecule has 1 fully saturated rings. The van der Waals surface area contributed by atoms with Gasteiger partial charge in [0.05, 0.1) is 0 Å². The highest BCUT2D eigenvalue weighted by Gasteiger charge is 2.37. The van der Waals surface area contributed by atoms with Crippen molar-refractivity contribution in [3.63, 3.8) is 0 Å². The van der Waals surface area contributed by atoms with E-state index < -0.39 is 0 Å². The first kappa shape index (κ1) is 29.0. The SMILES string of the molecule is CCCCCCCCCCCCNC(=O)[C@H]1CCC[C@H]1C(=O)NCCCCCCCCC. The van der Waals surface area contributed by atoms with Crippen LogP contribution in [-0.2, 0) is 9.59 Å². The number of rotatable bonds is 21. The van der Waals surface area contributed by atoms with E-state index in [1.807, 2.05) is 0 Å². The number of hydrogen-bond donors (Lipinski definition) is 2. The van der Waals surface area contributed by atoms with Crippen LogP contribution in [0.1, 0.15) is 142 Å². The molecule has 0 spiro atoms. The molecular formula is C28H54N2O2. The highest BCUT2D eigenvalue weighted by atomic mass is 16.2. The summed E-state index contributed by atoms with van der Waals surface area (Å²) in [5, 5.41) is 6.22. The van der Waals surface area contributed by atoms with Gasteiger partial charge in [-0.3, -0.25) is 9.59 Å². The molecule has 1 rings (SSSR count). The van der Waals surface area contributed by atoms with Gasteiger partial charge in [-0.25, -0.2) is 0 Å². The van der Waals surface area contributed by atoms with Gasteiger partial charge in [0.15, 0.2) is 0 Å². The third kappa shape index (κ3) is 14.2. The Bertz CT molecular complexity index is 466. The van der Waals surface area contributed by atoms with Crippen molar-refractivity contribution in [3.05, 3.63) is 0 Å². The van der Waals surface area contributed by atoms with Gasteiger partial charge in [-0.2, -0.15) is 0 Å². The molecule has 0 heterocycles. The van der Waals surface area contributed by atoms with Crippen molar-refractivity contribution >= 4 is 11.8 Å². The normalized spacial score (nSPS) is 18.1. The predicted molar refractivity (Wildman–Crippen MR) is 137 cm³/mol. The molecule has 0 saturated heterocycles. The summed E-state index contributed by atoms with van der Waals surface area (Å²) >= 11 is 0. The predicted octanol–water partition coefficient (Wildman–Crippen LogP) is 7.31. The minimum atomic E-state index is -0.118. The molecule has 0 radical (unpaired) electrons. The van der Waals surface area contributed by atoms with Gasteiger partial charge in [0.1, 0.15) is 0 Å². The lowest BCUT2D eigenvalue weighted by Gasteiger charge is -2.19. The van der Waals surface area contributed by atoms with Gasteiger partial charge in [-0.05, 0) is 25.7 Å². The molecule has 0 aromatic heterocycles. The summed E-state index contributed by atoms with van der Waals surface area (Å²) in [6, 6.07) is 0. The number of carbonyl (C=O) groups excluding carboxylic acids is 2. The Morgan fingerprint density at radius 2 is 0.844 bits per heavy atom. The van der Waals surface area contributed by atoms with Crippen LogP contribution >= 0.6 is 0 Å². The van der Waals surface area contributed by atoms with Crippen LogP contribution < -0.4 is 10.6 Å². The average Bonchev–Trinajstić information content (AvgIpc) is 3.29. The standard InChI is InChI=1S/C28H54N2O2/c1-3-5-7-9-11-12-13-15-17-19-24-30-28(32)26-22-20-21-25(26)27(31)29-23-18-16-14-10-8-6-4-2/h25-26H,3-24H2,1-2H3,(H,29,31)(H,30,32)/t25-,26+/m1/s1. The van der Waals surface area contributed by atoms with E-state index in [1.54, 1.807) is 0 Å². The summed E-state index contributed by atoms with van der Waals surface area (Å²) in [4.78, 5) is 25.2. The first-order valence-corrected chi connectivity index (χ1v) is 14.3. The lowest BCUT2D eigenvalue weighted by molar-refractivity contribution is -0.133. The molecule has 1 aliphatic carbocycles. The number of unbranched alkanes of at least 4 members (excludes halogenated alkanes) is 15. The molecule has 0 aliphatic heterocycles. The van der Waals surface area contributed by atoms with E-state index in [4.69, 9.17) is 0 Å². The molecule has 1 saturated carbocycles. The maximum Gasteiger partial charge on any atom is 0.223 e. The monoisotopic (exact) mass is 450 g/mol. The Kier molecular flexibility index (Phi) is 18.6. The van der Waals surface area contributed by atoms with Crippen LogP contribution in [0.15, 0.2) is 0 Å². The van der Waals surface area contributed by atoms with Gasteiger partial charge >= 0.3 is 0 Å². The van der Waals surface area contributed by atoms with Crippen LogP contribution in [0.25, 0.3) is 0 Å². The van der Waals surface area contributed by atoms with Crippen LogP contribution in [0, 0.1) is 11.8 Å². The summed E-state index contributed by atoms with van der Waals surface area (Å²) in [7, 11) is 0. The van der Waals surface area contributed by atoms with Gasteiger partial charge in [0.2, 0.25) is 11.8 Å². The van der Waals surface area contributed by atoms with Gasteiger partial charge in [-0.15, -0.1) is 0 Å². The Labute approximate surface area is 199 Å². The van der Waals surface area contributed by atoms with Crippen molar-refractivity contribution in [1.29, 1.82) is 0 Å². The molecule has 32 heavy (non-hydrogen) atoms. The summed E-state index contributed by atoms with van der Waals surface area (Å²) in [6.45, 7) is 6.02. The van der Waals surface area contributed by atoms with E-state index >= 15 is 0 Å². The smallest absolute Gasteiger partial charge is 0.223 e. The van der Waals surface area contributed by atoms with Crippen molar-refractivity contribution < 1.29 is 9.59 Å². The molecule has 4 heteroatoms. The number of nitrogens with one attached hydrogen (secondary N) is 2. The second-order valence-electron chi connectivity index (χ2n) is 10.0. The van der Waals surface area contributed by atoms with E-state index in [0.717, 1.165) is 45.2 Å². The number of amides is 2. The zero-order valence-corrected chi connectivity index (χ0v) is 21.5. The Morgan fingerprint density at radius 3 is 1.19 bits per heavy atom. The molecule has 0 bridgehead atoms. The van der Waals surface area contributed by atoms with Crippen molar-refractivity contribution in [2.75, 3.05) is 13.1 Å². The summed E-state index contributed by atoms with van der Waals surface area (Å²) in [5.41, 5.74) is 0. The highest BCUT2D eigenvalue weighted by Crippen LogP contribution is 2.32. The third-order valence-electron chi connectivity index (χ3n) is 7.10. The minimum Gasteiger partial charge on any atom is -0.356 e. The van der Waals surface area contributed by atoms with Crippen molar-refractivity contribution in [2.24, 2.45) is 11.8 Å². The molecule has 2 atom stereocenters. The largest absolute Gasteiger partial charge is 0.356 e. The van der Waals surface area contributed by atoms with Crippen LogP contribution in [0.5, 0.6) is 0 Å². The second-order valence-corrected chi connectivity index (χ2v) is 10.0. The Balaban J connectivity index is 2.05. The fourth-order valence-corrected chi connectivity index (χ4v) is 4.97. The summed E-state index contributed by atoms with van der Waals surface area (Å²) < 4.78 is 0. The third-order valence-corrected chi connectivity index (χ3v) is 7.10. The fraction of sp³-hybridized carbons (Fsp3) is 0.929. The van der Waals surface area contributed by atoms with Crippen LogP contribution in [0.3, 0.4) is 0 Å². The van der Waals surface area contributed by atoms with Crippen molar-refractivity contribution in [2.45, 2.75) is 142 Å². The maximum atomic E-state index is 12.6. The molecular weight excluding hydrogens is 396 g/mol. The van der Waals surface area contributed by atoms with Gasteiger partial charge in [-0.1, -0.05) is 117 Å². The van der Waals surface area contributed by atoms with Crippen molar-refractivity contribution in [3.8, 4) is 0 Å². The minimum absolute atomic E-state index is 0.104. The second kappa shape index (κ2) is 20.5. The zero-order chi connectivity index (χ0) is 23.3. The maximum absolute atomic E-state index is 12.6. The first-order chi connectivity index (χ1) is 15.7. The Hall–Kier alpha value is -1.06. The van der Waals surface area contributed by atoms with Crippen LogP contribution in [0.4, 0.5) is 0 Å². The lowest BCUT2D eigenvalue weighted by atomic mass is 9.94. The van der Waals surface area contributed by atoms with Gasteiger partial charge in [0, 0.05) is 24.9 Å². The topological polar surface area (TPSA) is 58.2 Å². The van der Waals surface area contributed by atoms with E-state index in [0.29, 0.717) is 0 Å². The number of hydrogen-bond acceptors (Lipinski definition) is 2. The molecule has 0 aromatic carbocycles. The molecule has 0 unspecified atom stereocenters. The quantitative estimate of drug-likeness (QED) is 0.180.